The van der Waals surface area contributed by atoms with Gasteiger partial charge < -0.3 is 19.8 Å². The third-order valence-corrected chi connectivity index (χ3v) is 5.22. The molecule has 1 aliphatic heterocycles. The van der Waals surface area contributed by atoms with E-state index in [-0.39, 0.29) is 17.9 Å². The van der Waals surface area contributed by atoms with E-state index in [1.54, 1.807) is 12.4 Å². The number of carbonyl (C=O) groups excluding carboxylic acids is 2. The lowest BCUT2D eigenvalue weighted by atomic mass is 10.1. The SMILES string of the molecule is Cc1[nH]ccc1C(=O)N1CCCC(N(C)C(=O)c2cc[nH]c2C)CC1. The van der Waals surface area contributed by atoms with Gasteiger partial charge in [-0.2, -0.15) is 0 Å². The van der Waals surface area contributed by atoms with Gasteiger partial charge in [0.1, 0.15) is 0 Å². The molecule has 2 N–H and O–H groups in total. The summed E-state index contributed by atoms with van der Waals surface area (Å²) in [5.74, 6) is 0.125. The molecule has 0 aromatic carbocycles. The van der Waals surface area contributed by atoms with Gasteiger partial charge in [0.05, 0.1) is 11.1 Å². The number of likely N-dealkylation sites (tertiary alicyclic amines) is 1. The number of carbonyl (C=O) groups is 2. The number of H-pyrrole nitrogens is 2. The van der Waals surface area contributed by atoms with Crippen LogP contribution in [0.4, 0.5) is 0 Å². The molecule has 134 valence electrons. The van der Waals surface area contributed by atoms with Crippen LogP contribution in [0.3, 0.4) is 0 Å². The van der Waals surface area contributed by atoms with Crippen molar-refractivity contribution in [2.75, 3.05) is 20.1 Å². The third kappa shape index (κ3) is 3.48. The normalized spacial score (nSPS) is 18.0. The molecule has 1 unspecified atom stereocenters. The maximum Gasteiger partial charge on any atom is 0.255 e. The van der Waals surface area contributed by atoms with Gasteiger partial charge in [0, 0.05) is 50.0 Å². The first-order valence-corrected chi connectivity index (χ1v) is 8.83. The Morgan fingerprint density at radius 2 is 1.68 bits per heavy atom. The second-order valence-corrected chi connectivity index (χ2v) is 6.83. The molecule has 2 aromatic rings. The second kappa shape index (κ2) is 7.17. The molecule has 0 radical (unpaired) electrons. The summed E-state index contributed by atoms with van der Waals surface area (Å²) in [4.78, 5) is 35.3. The molecule has 3 heterocycles. The highest BCUT2D eigenvalue weighted by Crippen LogP contribution is 2.20. The molecule has 3 rings (SSSR count). The predicted molar refractivity (Wildman–Crippen MR) is 96.7 cm³/mol. The molecule has 6 nitrogen and oxygen atoms in total. The number of hydrogen-bond donors (Lipinski definition) is 2. The molecule has 0 spiro atoms. The topological polar surface area (TPSA) is 72.2 Å². The molecule has 6 heteroatoms. The maximum absolute atomic E-state index is 12.7. The van der Waals surface area contributed by atoms with Crippen LogP contribution in [0, 0.1) is 13.8 Å². The van der Waals surface area contributed by atoms with E-state index < -0.39 is 0 Å². The van der Waals surface area contributed by atoms with Gasteiger partial charge in [0.2, 0.25) is 0 Å². The molecular weight excluding hydrogens is 316 g/mol. The minimum absolute atomic E-state index is 0.0463. The highest BCUT2D eigenvalue weighted by molar-refractivity contribution is 5.96. The zero-order valence-electron chi connectivity index (χ0n) is 15.1. The molecule has 0 bridgehead atoms. The number of rotatable bonds is 3. The smallest absolute Gasteiger partial charge is 0.255 e. The highest BCUT2D eigenvalue weighted by Gasteiger charge is 2.27. The van der Waals surface area contributed by atoms with Crippen LogP contribution >= 0.6 is 0 Å². The Bertz CT molecular complexity index is 761. The van der Waals surface area contributed by atoms with Gasteiger partial charge in [-0.3, -0.25) is 9.59 Å². The lowest BCUT2D eigenvalue weighted by molar-refractivity contribution is 0.0709. The lowest BCUT2D eigenvalue weighted by Crippen LogP contribution is -2.38. The largest absolute Gasteiger partial charge is 0.365 e. The zero-order chi connectivity index (χ0) is 18.0. The Labute approximate surface area is 148 Å². The van der Waals surface area contributed by atoms with Gasteiger partial charge in [-0.05, 0) is 45.2 Å². The number of amides is 2. The predicted octanol–water partition coefficient (Wildman–Crippen LogP) is 2.73. The minimum atomic E-state index is 0.0463. The standard InChI is InChI=1S/C19H26N4O2/c1-13-16(6-9-20-13)18(24)22(3)15-5-4-11-23(12-8-15)19(25)17-7-10-21-14(17)2/h6-7,9-10,15,20-21H,4-5,8,11-12H2,1-3H3. The quantitative estimate of drug-likeness (QED) is 0.900. The highest BCUT2D eigenvalue weighted by atomic mass is 16.2. The van der Waals surface area contributed by atoms with E-state index in [0.717, 1.165) is 48.3 Å². The molecule has 0 saturated carbocycles. The van der Waals surface area contributed by atoms with Crippen LogP contribution in [0.5, 0.6) is 0 Å². The van der Waals surface area contributed by atoms with Crippen LogP contribution in [-0.2, 0) is 0 Å². The third-order valence-electron chi connectivity index (χ3n) is 5.22. The Balaban J connectivity index is 1.65. The molecule has 25 heavy (non-hydrogen) atoms. The molecular formula is C19H26N4O2. The van der Waals surface area contributed by atoms with E-state index in [9.17, 15) is 9.59 Å². The van der Waals surface area contributed by atoms with Crippen LogP contribution in [0.15, 0.2) is 24.5 Å². The summed E-state index contributed by atoms with van der Waals surface area (Å²) in [6.45, 7) is 5.25. The molecule has 0 aliphatic carbocycles. The van der Waals surface area contributed by atoms with Crippen LogP contribution in [-0.4, -0.2) is 57.8 Å². The van der Waals surface area contributed by atoms with E-state index >= 15 is 0 Å². The average Bonchev–Trinajstić information content (AvgIpc) is 3.13. The van der Waals surface area contributed by atoms with Crippen molar-refractivity contribution >= 4 is 11.8 Å². The fourth-order valence-electron chi connectivity index (χ4n) is 3.56. The van der Waals surface area contributed by atoms with E-state index in [0.29, 0.717) is 6.54 Å². The van der Waals surface area contributed by atoms with Crippen molar-refractivity contribution in [3.8, 4) is 0 Å². The molecule has 2 amide bonds. The molecule has 1 saturated heterocycles. The number of aromatic amines is 2. The summed E-state index contributed by atoms with van der Waals surface area (Å²) in [5.41, 5.74) is 3.26. The number of nitrogens with one attached hydrogen (secondary N) is 2. The summed E-state index contributed by atoms with van der Waals surface area (Å²) in [6, 6.07) is 3.83. The van der Waals surface area contributed by atoms with Crippen molar-refractivity contribution in [2.24, 2.45) is 0 Å². The van der Waals surface area contributed by atoms with Crippen molar-refractivity contribution < 1.29 is 9.59 Å². The van der Waals surface area contributed by atoms with E-state index in [4.69, 9.17) is 0 Å². The minimum Gasteiger partial charge on any atom is -0.365 e. The van der Waals surface area contributed by atoms with E-state index in [1.807, 2.05) is 42.8 Å². The van der Waals surface area contributed by atoms with Gasteiger partial charge in [-0.15, -0.1) is 0 Å². The first kappa shape index (κ1) is 17.3. The lowest BCUT2D eigenvalue weighted by Gasteiger charge is -2.27. The Morgan fingerprint density at radius 3 is 2.28 bits per heavy atom. The van der Waals surface area contributed by atoms with E-state index in [1.165, 1.54) is 0 Å². The first-order valence-electron chi connectivity index (χ1n) is 8.83. The van der Waals surface area contributed by atoms with Crippen LogP contribution in [0.25, 0.3) is 0 Å². The number of hydrogen-bond acceptors (Lipinski definition) is 2. The van der Waals surface area contributed by atoms with E-state index in [2.05, 4.69) is 9.97 Å². The average molecular weight is 342 g/mol. The summed E-state index contributed by atoms with van der Waals surface area (Å²) in [5, 5.41) is 0. The summed E-state index contributed by atoms with van der Waals surface area (Å²) in [6.07, 6.45) is 6.23. The van der Waals surface area contributed by atoms with Gasteiger partial charge >= 0.3 is 0 Å². The zero-order valence-corrected chi connectivity index (χ0v) is 15.1. The first-order chi connectivity index (χ1) is 12.0. The number of aromatic nitrogens is 2. The Kier molecular flexibility index (Phi) is 4.97. The summed E-state index contributed by atoms with van der Waals surface area (Å²) in [7, 11) is 1.87. The van der Waals surface area contributed by atoms with Crippen molar-refractivity contribution in [1.82, 2.24) is 19.8 Å². The molecule has 1 aliphatic rings. The van der Waals surface area contributed by atoms with Crippen LogP contribution < -0.4 is 0 Å². The van der Waals surface area contributed by atoms with Crippen molar-refractivity contribution in [3.05, 3.63) is 47.0 Å². The molecule has 1 fully saturated rings. The number of nitrogens with zero attached hydrogens (tertiary/aromatic N) is 2. The fourth-order valence-corrected chi connectivity index (χ4v) is 3.56. The van der Waals surface area contributed by atoms with Crippen molar-refractivity contribution in [3.63, 3.8) is 0 Å². The van der Waals surface area contributed by atoms with Crippen molar-refractivity contribution in [1.29, 1.82) is 0 Å². The molecule has 1 atom stereocenters. The maximum atomic E-state index is 12.7. The number of aryl methyl sites for hydroxylation is 2. The summed E-state index contributed by atoms with van der Waals surface area (Å²) >= 11 is 0. The fraction of sp³-hybridized carbons (Fsp3) is 0.474. The van der Waals surface area contributed by atoms with Gasteiger partial charge in [0.15, 0.2) is 0 Å². The van der Waals surface area contributed by atoms with Crippen LogP contribution in [0.1, 0.15) is 51.4 Å². The molecule has 2 aromatic heterocycles. The second-order valence-electron chi connectivity index (χ2n) is 6.83. The van der Waals surface area contributed by atoms with Crippen LogP contribution in [0.2, 0.25) is 0 Å². The van der Waals surface area contributed by atoms with Gasteiger partial charge in [-0.1, -0.05) is 0 Å². The monoisotopic (exact) mass is 342 g/mol. The summed E-state index contributed by atoms with van der Waals surface area (Å²) < 4.78 is 0. The van der Waals surface area contributed by atoms with Crippen molar-refractivity contribution in [2.45, 2.75) is 39.2 Å². The Hall–Kier alpha value is -2.50. The Morgan fingerprint density at radius 1 is 1.04 bits per heavy atom. The van der Waals surface area contributed by atoms with Gasteiger partial charge in [-0.25, -0.2) is 0 Å². The van der Waals surface area contributed by atoms with Gasteiger partial charge in [0.25, 0.3) is 11.8 Å².